The van der Waals surface area contributed by atoms with Crippen LogP contribution in [0.1, 0.15) is 49.7 Å². The van der Waals surface area contributed by atoms with Gasteiger partial charge < -0.3 is 30.3 Å². The molecule has 1 heterocycles. The van der Waals surface area contributed by atoms with E-state index in [0.29, 0.717) is 45.1 Å². The molecule has 0 unspecified atom stereocenters. The van der Waals surface area contributed by atoms with Crippen LogP contribution in [0, 0.1) is 5.92 Å². The van der Waals surface area contributed by atoms with Gasteiger partial charge in [-0.05, 0) is 29.9 Å². The highest BCUT2D eigenvalue weighted by Gasteiger charge is 2.33. The number of nitrogens with one attached hydrogen (secondary N) is 3. The van der Waals surface area contributed by atoms with Crippen molar-refractivity contribution in [2.75, 3.05) is 39.5 Å². The molecule has 1 aliphatic heterocycles. The zero-order valence-corrected chi connectivity index (χ0v) is 24.8. The van der Waals surface area contributed by atoms with Crippen LogP contribution < -0.4 is 16.0 Å². The third-order valence-electron chi connectivity index (χ3n) is 8.00. The fraction of sp³-hybridized carbons (Fsp3) is 0.515. The molecule has 4 amide bonds. The van der Waals surface area contributed by atoms with Crippen molar-refractivity contribution >= 4 is 23.6 Å². The highest BCUT2D eigenvalue weighted by Crippen LogP contribution is 2.27. The minimum absolute atomic E-state index is 0.181. The molecule has 3 N–H and O–H groups in total. The van der Waals surface area contributed by atoms with Crippen LogP contribution in [-0.2, 0) is 36.9 Å². The van der Waals surface area contributed by atoms with Crippen molar-refractivity contribution in [2.24, 2.45) is 5.92 Å². The molecule has 4 rings (SSSR count). The summed E-state index contributed by atoms with van der Waals surface area (Å²) in [5.41, 5.74) is 1.94. The molecule has 43 heavy (non-hydrogen) atoms. The quantitative estimate of drug-likeness (QED) is 0.290. The van der Waals surface area contributed by atoms with E-state index in [1.165, 1.54) is 6.42 Å². The molecule has 2 aliphatic rings. The Hall–Kier alpha value is -3.76. The topological polar surface area (TPSA) is 126 Å². The molecule has 2 fully saturated rings. The van der Waals surface area contributed by atoms with Gasteiger partial charge in [-0.25, -0.2) is 4.79 Å². The molecule has 1 aliphatic carbocycles. The second kappa shape index (κ2) is 17.4. The summed E-state index contributed by atoms with van der Waals surface area (Å²) < 4.78 is 11.2. The molecule has 2 atom stereocenters. The molecular formula is C33H44N4O6. The first-order valence-corrected chi connectivity index (χ1v) is 15.4. The lowest BCUT2D eigenvalue weighted by Crippen LogP contribution is -2.58. The Kier molecular flexibility index (Phi) is 13.0. The number of carbonyl (C=O) groups excluding carboxylic acids is 4. The third kappa shape index (κ3) is 10.8. The van der Waals surface area contributed by atoms with Crippen LogP contribution in [-0.4, -0.2) is 80.1 Å². The van der Waals surface area contributed by atoms with E-state index in [2.05, 4.69) is 16.0 Å². The highest BCUT2D eigenvalue weighted by atomic mass is 16.5. The summed E-state index contributed by atoms with van der Waals surface area (Å²) in [5.74, 6) is -1.78. The van der Waals surface area contributed by atoms with Gasteiger partial charge in [0.15, 0.2) is 0 Å². The predicted molar refractivity (Wildman–Crippen MR) is 162 cm³/mol. The first-order chi connectivity index (χ1) is 21.0. The normalized spacial score (nSPS) is 17.0. The number of ether oxygens (including phenoxy) is 2. The second-order valence-corrected chi connectivity index (χ2v) is 11.3. The Morgan fingerprint density at radius 2 is 1.49 bits per heavy atom. The Bertz CT molecular complexity index is 1170. The van der Waals surface area contributed by atoms with E-state index in [1.807, 2.05) is 60.7 Å². The largest absolute Gasteiger partial charge is 0.378 e. The number of hydrogen-bond acceptors (Lipinski definition) is 6. The lowest BCUT2D eigenvalue weighted by Gasteiger charge is -2.31. The molecule has 0 aromatic heterocycles. The predicted octanol–water partition coefficient (Wildman–Crippen LogP) is 3.00. The maximum Gasteiger partial charge on any atom is 0.318 e. The van der Waals surface area contributed by atoms with E-state index in [-0.39, 0.29) is 25.8 Å². The Morgan fingerprint density at radius 3 is 2.16 bits per heavy atom. The fourth-order valence-corrected chi connectivity index (χ4v) is 5.53. The summed E-state index contributed by atoms with van der Waals surface area (Å²) in [5, 5.41) is 8.35. The number of morpholine rings is 1. The van der Waals surface area contributed by atoms with E-state index in [0.717, 1.165) is 36.8 Å². The average Bonchev–Trinajstić information content (AvgIpc) is 3.05. The first-order valence-electron chi connectivity index (χ1n) is 15.4. The summed E-state index contributed by atoms with van der Waals surface area (Å²) in [7, 11) is 0. The minimum atomic E-state index is -1.21. The Balaban J connectivity index is 1.42. The zero-order valence-electron chi connectivity index (χ0n) is 24.8. The van der Waals surface area contributed by atoms with Crippen LogP contribution >= 0.6 is 0 Å². The molecule has 1 saturated heterocycles. The summed E-state index contributed by atoms with van der Waals surface area (Å²) in [6.07, 6.45) is 6.37. The number of benzene rings is 2. The van der Waals surface area contributed by atoms with Crippen molar-refractivity contribution in [3.05, 3.63) is 71.8 Å². The monoisotopic (exact) mass is 592 g/mol. The third-order valence-corrected chi connectivity index (χ3v) is 8.00. The molecule has 232 valence electrons. The number of ketones is 1. The van der Waals surface area contributed by atoms with Crippen molar-refractivity contribution in [3.8, 4) is 0 Å². The van der Waals surface area contributed by atoms with E-state index < -0.39 is 29.7 Å². The van der Waals surface area contributed by atoms with Crippen LogP contribution in [0.25, 0.3) is 0 Å². The SMILES string of the molecule is O=C(NCCc1ccccc1)C(=O)[C@H](COCc1ccccc1)NC(=O)[C@H](CC1CCCCC1)NC(=O)N1CCOCC1. The molecule has 0 spiro atoms. The number of urea groups is 1. The van der Waals surface area contributed by atoms with Crippen molar-refractivity contribution in [1.82, 2.24) is 20.9 Å². The van der Waals surface area contributed by atoms with Gasteiger partial charge in [0.05, 0.1) is 26.4 Å². The summed E-state index contributed by atoms with van der Waals surface area (Å²) in [6, 6.07) is 16.7. The molecular weight excluding hydrogens is 548 g/mol. The second-order valence-electron chi connectivity index (χ2n) is 11.3. The lowest BCUT2D eigenvalue weighted by molar-refractivity contribution is -0.141. The van der Waals surface area contributed by atoms with Crippen LogP contribution in [0.4, 0.5) is 4.79 Å². The Labute approximate surface area is 253 Å². The molecule has 0 radical (unpaired) electrons. The van der Waals surface area contributed by atoms with Crippen LogP contribution in [0.2, 0.25) is 0 Å². The number of carbonyl (C=O) groups is 4. The highest BCUT2D eigenvalue weighted by molar-refractivity contribution is 6.38. The summed E-state index contributed by atoms with van der Waals surface area (Å²) in [4.78, 5) is 54.6. The maximum atomic E-state index is 13.7. The van der Waals surface area contributed by atoms with Gasteiger partial charge in [0.1, 0.15) is 12.1 Å². The van der Waals surface area contributed by atoms with E-state index >= 15 is 0 Å². The number of Topliss-reactive ketones (excluding diaryl/α,β-unsaturated/α-hetero) is 1. The van der Waals surface area contributed by atoms with E-state index in [4.69, 9.17) is 9.47 Å². The van der Waals surface area contributed by atoms with Gasteiger partial charge in [-0.1, -0.05) is 92.8 Å². The number of hydrogen-bond donors (Lipinski definition) is 3. The first kappa shape index (κ1) is 32.2. The fourth-order valence-electron chi connectivity index (χ4n) is 5.53. The van der Waals surface area contributed by atoms with Crippen LogP contribution in [0.5, 0.6) is 0 Å². The maximum absolute atomic E-state index is 13.7. The van der Waals surface area contributed by atoms with Gasteiger partial charge in [-0.15, -0.1) is 0 Å². The number of amides is 4. The molecule has 10 heteroatoms. The lowest BCUT2D eigenvalue weighted by atomic mass is 9.84. The van der Waals surface area contributed by atoms with Crippen molar-refractivity contribution in [2.45, 2.75) is 63.6 Å². The standard InChI is InChI=1S/C33H44N4O6/c38-30(32(40)34-17-16-25-10-4-1-5-11-25)29(24-43-23-27-14-8-3-9-15-27)35-31(39)28(22-26-12-6-2-7-13-26)36-33(41)37-18-20-42-21-19-37/h1,3-5,8-11,14-15,26,28-29H,2,6-7,12-13,16-24H2,(H,34,40)(H,35,39)(H,36,41)/t28-,29-/m0/s1. The van der Waals surface area contributed by atoms with Crippen molar-refractivity contribution < 1.29 is 28.7 Å². The molecule has 2 aromatic carbocycles. The Morgan fingerprint density at radius 1 is 0.837 bits per heavy atom. The average molecular weight is 593 g/mol. The van der Waals surface area contributed by atoms with E-state index in [9.17, 15) is 19.2 Å². The smallest absolute Gasteiger partial charge is 0.318 e. The zero-order chi connectivity index (χ0) is 30.3. The van der Waals surface area contributed by atoms with Crippen molar-refractivity contribution in [3.63, 3.8) is 0 Å². The molecule has 1 saturated carbocycles. The van der Waals surface area contributed by atoms with Gasteiger partial charge >= 0.3 is 6.03 Å². The summed E-state index contributed by atoms with van der Waals surface area (Å²) in [6.45, 7) is 2.10. The van der Waals surface area contributed by atoms with Gasteiger partial charge in [-0.2, -0.15) is 0 Å². The molecule has 0 bridgehead atoms. The molecule has 10 nitrogen and oxygen atoms in total. The minimum Gasteiger partial charge on any atom is -0.378 e. The van der Waals surface area contributed by atoms with Crippen LogP contribution in [0.3, 0.4) is 0 Å². The molecule has 2 aromatic rings. The summed E-state index contributed by atoms with van der Waals surface area (Å²) >= 11 is 0. The van der Waals surface area contributed by atoms with Gasteiger partial charge in [-0.3, -0.25) is 14.4 Å². The van der Waals surface area contributed by atoms with E-state index in [1.54, 1.807) is 4.90 Å². The van der Waals surface area contributed by atoms with Gasteiger partial charge in [0, 0.05) is 19.6 Å². The van der Waals surface area contributed by atoms with Crippen molar-refractivity contribution in [1.29, 1.82) is 0 Å². The number of rotatable bonds is 14. The number of nitrogens with zero attached hydrogens (tertiary/aromatic N) is 1. The van der Waals surface area contributed by atoms with Crippen LogP contribution in [0.15, 0.2) is 60.7 Å². The van der Waals surface area contributed by atoms with Gasteiger partial charge in [0.2, 0.25) is 11.7 Å². The van der Waals surface area contributed by atoms with Gasteiger partial charge in [0.25, 0.3) is 5.91 Å².